The third-order valence-electron chi connectivity index (χ3n) is 3.95. The number of hydrogen-bond donors (Lipinski definition) is 1. The molecular weight excluding hydrogens is 306 g/mol. The molecule has 0 amide bonds. The number of fused-ring (bicyclic) bond motifs is 2. The van der Waals surface area contributed by atoms with Crippen LogP contribution in [0.15, 0.2) is 54.0 Å². The van der Waals surface area contributed by atoms with E-state index in [9.17, 15) is 5.11 Å². The normalized spacial score (nSPS) is 11.3. The van der Waals surface area contributed by atoms with Crippen LogP contribution in [0.2, 0.25) is 0 Å². The first kappa shape index (κ1) is 14.2. The van der Waals surface area contributed by atoms with Crippen molar-refractivity contribution in [2.75, 3.05) is 6.61 Å². The first-order valence-electron chi connectivity index (χ1n) is 7.71. The molecule has 0 aliphatic heterocycles. The average Bonchev–Trinajstić information content (AvgIpc) is 3.17. The lowest BCUT2D eigenvalue weighted by atomic mass is 10.2. The molecule has 23 heavy (non-hydrogen) atoms. The van der Waals surface area contributed by atoms with Gasteiger partial charge in [0.25, 0.3) is 0 Å². The highest BCUT2D eigenvalue weighted by Crippen LogP contribution is 2.34. The third-order valence-corrected chi connectivity index (χ3v) is 4.85. The van der Waals surface area contributed by atoms with Gasteiger partial charge in [0.15, 0.2) is 0 Å². The molecule has 0 radical (unpaired) electrons. The summed E-state index contributed by atoms with van der Waals surface area (Å²) in [7, 11) is 0. The van der Waals surface area contributed by atoms with E-state index in [2.05, 4.69) is 30.5 Å². The van der Waals surface area contributed by atoms with Gasteiger partial charge in [-0.3, -0.25) is 4.57 Å². The standard InChI is InChI=1S/C19H17NO2S/c1-2-8-22-16-5-3-14-12-20(19(21)17(14)11-16)15-4-6-18-13(10-15)7-9-23-18/h3-7,9-12,21H,2,8H2,1H3. The molecule has 2 aromatic carbocycles. The van der Waals surface area contributed by atoms with E-state index in [1.165, 1.54) is 10.1 Å². The molecule has 2 aromatic heterocycles. The predicted molar refractivity (Wildman–Crippen MR) is 96.1 cm³/mol. The van der Waals surface area contributed by atoms with Gasteiger partial charge in [-0.15, -0.1) is 11.3 Å². The van der Waals surface area contributed by atoms with E-state index in [-0.39, 0.29) is 5.88 Å². The fraction of sp³-hybridized carbons (Fsp3) is 0.158. The minimum Gasteiger partial charge on any atom is -0.494 e. The van der Waals surface area contributed by atoms with Crippen LogP contribution in [-0.4, -0.2) is 16.3 Å². The zero-order valence-corrected chi connectivity index (χ0v) is 13.6. The third kappa shape index (κ3) is 2.45. The summed E-state index contributed by atoms with van der Waals surface area (Å²) < 4.78 is 8.74. The molecule has 116 valence electrons. The number of nitrogens with zero attached hydrogens (tertiary/aromatic N) is 1. The summed E-state index contributed by atoms with van der Waals surface area (Å²) in [4.78, 5) is 0. The van der Waals surface area contributed by atoms with Crippen molar-refractivity contribution in [3.8, 4) is 17.3 Å². The highest BCUT2D eigenvalue weighted by Gasteiger charge is 2.11. The van der Waals surface area contributed by atoms with Crippen LogP contribution in [0.5, 0.6) is 11.6 Å². The van der Waals surface area contributed by atoms with E-state index in [1.54, 1.807) is 11.3 Å². The van der Waals surface area contributed by atoms with Crippen molar-refractivity contribution in [2.24, 2.45) is 0 Å². The average molecular weight is 323 g/mol. The largest absolute Gasteiger partial charge is 0.494 e. The van der Waals surface area contributed by atoms with Crippen molar-refractivity contribution >= 4 is 32.2 Å². The molecule has 0 spiro atoms. The van der Waals surface area contributed by atoms with Crippen molar-refractivity contribution in [3.63, 3.8) is 0 Å². The molecule has 3 nitrogen and oxygen atoms in total. The summed E-state index contributed by atoms with van der Waals surface area (Å²) in [6.07, 6.45) is 2.92. The van der Waals surface area contributed by atoms with Crippen molar-refractivity contribution in [1.29, 1.82) is 0 Å². The number of ether oxygens (including phenoxy) is 1. The van der Waals surface area contributed by atoms with E-state index >= 15 is 0 Å². The Morgan fingerprint density at radius 3 is 2.87 bits per heavy atom. The monoisotopic (exact) mass is 323 g/mol. The second kappa shape index (κ2) is 5.63. The second-order valence-corrected chi connectivity index (χ2v) is 6.51. The lowest BCUT2D eigenvalue weighted by molar-refractivity contribution is 0.318. The summed E-state index contributed by atoms with van der Waals surface area (Å²) in [5.41, 5.74) is 0.959. The Morgan fingerprint density at radius 1 is 1.09 bits per heavy atom. The predicted octanol–water partition coefficient (Wildman–Crippen LogP) is 5.34. The molecule has 0 fully saturated rings. The van der Waals surface area contributed by atoms with Gasteiger partial charge in [0.1, 0.15) is 5.75 Å². The Kier molecular flexibility index (Phi) is 3.46. The van der Waals surface area contributed by atoms with Gasteiger partial charge < -0.3 is 9.84 Å². The number of aromatic hydroxyl groups is 1. The molecule has 0 bridgehead atoms. The maximum Gasteiger partial charge on any atom is 0.203 e. The van der Waals surface area contributed by atoms with Crippen molar-refractivity contribution < 1.29 is 9.84 Å². The van der Waals surface area contributed by atoms with Gasteiger partial charge in [0, 0.05) is 27.4 Å². The smallest absolute Gasteiger partial charge is 0.203 e. The van der Waals surface area contributed by atoms with E-state index in [0.29, 0.717) is 6.61 Å². The van der Waals surface area contributed by atoms with Crippen molar-refractivity contribution in [1.82, 2.24) is 4.57 Å². The van der Waals surface area contributed by atoms with Crippen LogP contribution in [0.4, 0.5) is 0 Å². The van der Waals surface area contributed by atoms with Gasteiger partial charge in [-0.25, -0.2) is 0 Å². The van der Waals surface area contributed by atoms with E-state index in [4.69, 9.17) is 4.74 Å². The highest BCUT2D eigenvalue weighted by atomic mass is 32.1. The quantitative estimate of drug-likeness (QED) is 0.550. The maximum absolute atomic E-state index is 10.6. The Morgan fingerprint density at radius 2 is 2.00 bits per heavy atom. The minimum absolute atomic E-state index is 0.247. The summed E-state index contributed by atoms with van der Waals surface area (Å²) in [5.74, 6) is 1.04. The Hall–Kier alpha value is -2.46. The lowest BCUT2D eigenvalue weighted by Crippen LogP contribution is -1.94. The Balaban J connectivity index is 1.81. The van der Waals surface area contributed by atoms with Crippen LogP contribution >= 0.6 is 11.3 Å². The first-order chi connectivity index (χ1) is 11.3. The van der Waals surface area contributed by atoms with Gasteiger partial charge in [0.2, 0.25) is 5.88 Å². The Bertz CT molecular complexity index is 984. The number of benzene rings is 2. The van der Waals surface area contributed by atoms with Gasteiger partial charge >= 0.3 is 0 Å². The maximum atomic E-state index is 10.6. The molecule has 0 atom stereocenters. The molecule has 0 aliphatic carbocycles. The van der Waals surface area contributed by atoms with E-state index < -0.39 is 0 Å². The van der Waals surface area contributed by atoms with Gasteiger partial charge in [-0.05, 0) is 59.7 Å². The van der Waals surface area contributed by atoms with Crippen LogP contribution in [0, 0.1) is 0 Å². The minimum atomic E-state index is 0.247. The number of rotatable bonds is 4. The fourth-order valence-electron chi connectivity index (χ4n) is 2.78. The lowest BCUT2D eigenvalue weighted by Gasteiger charge is -2.05. The molecule has 0 aliphatic rings. The van der Waals surface area contributed by atoms with E-state index in [1.807, 2.05) is 35.0 Å². The molecule has 4 heteroatoms. The topological polar surface area (TPSA) is 34.4 Å². The number of aromatic nitrogens is 1. The highest BCUT2D eigenvalue weighted by molar-refractivity contribution is 7.17. The molecule has 0 saturated carbocycles. The molecule has 1 N–H and O–H groups in total. The molecule has 4 rings (SSSR count). The molecule has 4 aromatic rings. The summed E-state index contributed by atoms with van der Waals surface area (Å²) in [6, 6.07) is 14.2. The second-order valence-electron chi connectivity index (χ2n) is 5.56. The van der Waals surface area contributed by atoms with Crippen molar-refractivity contribution in [2.45, 2.75) is 13.3 Å². The first-order valence-corrected chi connectivity index (χ1v) is 8.59. The summed E-state index contributed by atoms with van der Waals surface area (Å²) in [6.45, 7) is 2.76. The van der Waals surface area contributed by atoms with Crippen LogP contribution in [0.25, 0.3) is 26.5 Å². The molecule has 0 saturated heterocycles. The zero-order valence-electron chi connectivity index (χ0n) is 12.8. The van der Waals surface area contributed by atoms with Crippen LogP contribution in [-0.2, 0) is 0 Å². The van der Waals surface area contributed by atoms with Crippen LogP contribution < -0.4 is 4.74 Å². The zero-order chi connectivity index (χ0) is 15.8. The summed E-state index contributed by atoms with van der Waals surface area (Å²) >= 11 is 1.72. The fourth-order valence-corrected chi connectivity index (χ4v) is 3.55. The van der Waals surface area contributed by atoms with Gasteiger partial charge in [-0.1, -0.05) is 6.92 Å². The van der Waals surface area contributed by atoms with Gasteiger partial charge in [-0.2, -0.15) is 0 Å². The molecule has 0 unspecified atom stereocenters. The van der Waals surface area contributed by atoms with Crippen molar-refractivity contribution in [3.05, 3.63) is 54.0 Å². The molecule has 2 heterocycles. The van der Waals surface area contributed by atoms with Crippen LogP contribution in [0.3, 0.4) is 0 Å². The number of hydrogen-bond acceptors (Lipinski definition) is 3. The molecular formula is C19H17NO2S. The Labute approximate surface area is 138 Å². The SMILES string of the molecule is CCCOc1ccc2cn(-c3ccc4sccc4c3)c(O)c2c1. The van der Waals surface area contributed by atoms with Gasteiger partial charge in [0.05, 0.1) is 6.61 Å². The van der Waals surface area contributed by atoms with Crippen LogP contribution in [0.1, 0.15) is 13.3 Å². The number of thiophene rings is 1. The summed E-state index contributed by atoms with van der Waals surface area (Å²) in [5, 5.41) is 15.7. The van der Waals surface area contributed by atoms with E-state index in [0.717, 1.165) is 28.6 Å².